The Hall–Kier alpha value is -0.610. The molecule has 4 nitrogen and oxygen atoms in total. The van der Waals surface area contributed by atoms with Crippen molar-refractivity contribution in [3.63, 3.8) is 0 Å². The third kappa shape index (κ3) is 14.3. The fourth-order valence-electron chi connectivity index (χ4n) is 2.69. The van der Waals surface area contributed by atoms with E-state index in [9.17, 15) is 4.79 Å². The van der Waals surface area contributed by atoms with Crippen LogP contribution in [0.2, 0.25) is 0 Å². The van der Waals surface area contributed by atoms with Gasteiger partial charge in [-0.05, 0) is 32.4 Å². The zero-order valence-corrected chi connectivity index (χ0v) is 14.6. The van der Waals surface area contributed by atoms with E-state index in [1.165, 1.54) is 57.8 Å². The highest BCUT2D eigenvalue weighted by atomic mass is 16.4. The smallest absolute Gasteiger partial charge is 0.320 e. The predicted octanol–water partition coefficient (Wildman–Crippen LogP) is 4.08. The third-order valence-electron chi connectivity index (χ3n) is 4.17. The molecule has 0 aromatic carbocycles. The Labute approximate surface area is 137 Å². The van der Waals surface area contributed by atoms with Crippen LogP contribution in [0.4, 0.5) is 0 Å². The van der Waals surface area contributed by atoms with Gasteiger partial charge in [-0.3, -0.25) is 4.79 Å². The van der Waals surface area contributed by atoms with Gasteiger partial charge in [-0.2, -0.15) is 0 Å². The first kappa shape index (κ1) is 21.4. The molecule has 0 rings (SSSR count). The number of aliphatic carboxylic acids is 1. The second kappa shape index (κ2) is 16.8. The number of nitrogens with two attached hydrogens (primary N) is 1. The van der Waals surface area contributed by atoms with Crippen molar-refractivity contribution in [1.29, 1.82) is 0 Å². The number of nitrogens with one attached hydrogen (secondary N) is 1. The molecule has 22 heavy (non-hydrogen) atoms. The molecule has 0 aliphatic heterocycles. The van der Waals surface area contributed by atoms with Crippen LogP contribution in [0.5, 0.6) is 0 Å². The lowest BCUT2D eigenvalue weighted by atomic mass is 10.1. The highest BCUT2D eigenvalue weighted by Gasteiger charge is 2.15. The number of carboxylic acids is 1. The van der Waals surface area contributed by atoms with E-state index in [4.69, 9.17) is 10.8 Å². The Morgan fingerprint density at radius 2 is 1.45 bits per heavy atom. The van der Waals surface area contributed by atoms with E-state index in [1.54, 1.807) is 0 Å². The summed E-state index contributed by atoms with van der Waals surface area (Å²) in [6.45, 7) is 3.71. The first-order valence-corrected chi connectivity index (χ1v) is 9.38. The Balaban J connectivity index is 3.36. The number of hydrogen-bond donors (Lipinski definition) is 3. The minimum Gasteiger partial charge on any atom is -0.480 e. The van der Waals surface area contributed by atoms with Crippen molar-refractivity contribution < 1.29 is 9.90 Å². The monoisotopic (exact) mass is 314 g/mol. The normalized spacial score (nSPS) is 12.5. The lowest BCUT2D eigenvalue weighted by Gasteiger charge is -2.14. The lowest BCUT2D eigenvalue weighted by molar-refractivity contribution is -0.139. The van der Waals surface area contributed by atoms with Crippen LogP contribution in [0.1, 0.15) is 90.4 Å². The van der Waals surface area contributed by atoms with Gasteiger partial charge >= 0.3 is 5.97 Å². The van der Waals surface area contributed by atoms with Gasteiger partial charge in [-0.25, -0.2) is 0 Å². The van der Waals surface area contributed by atoms with Crippen molar-refractivity contribution in [1.82, 2.24) is 5.32 Å². The molecular formula is C18H38N2O2. The largest absolute Gasteiger partial charge is 0.480 e. The summed E-state index contributed by atoms with van der Waals surface area (Å²) >= 11 is 0. The second-order valence-electron chi connectivity index (χ2n) is 6.31. The van der Waals surface area contributed by atoms with Gasteiger partial charge in [0.1, 0.15) is 6.04 Å². The highest BCUT2D eigenvalue weighted by molar-refractivity contribution is 5.73. The molecule has 0 aromatic heterocycles. The van der Waals surface area contributed by atoms with Gasteiger partial charge in [0.25, 0.3) is 0 Å². The number of unbranched alkanes of at least 4 members (excludes halogenated alkanes) is 10. The number of carboxylic acid groups (broad SMARTS) is 1. The van der Waals surface area contributed by atoms with Crippen molar-refractivity contribution in [2.24, 2.45) is 5.73 Å². The zero-order valence-electron chi connectivity index (χ0n) is 14.6. The van der Waals surface area contributed by atoms with E-state index in [1.807, 2.05) is 0 Å². The minimum atomic E-state index is -0.732. The van der Waals surface area contributed by atoms with Gasteiger partial charge in [0.15, 0.2) is 0 Å². The molecule has 0 aliphatic rings. The summed E-state index contributed by atoms with van der Waals surface area (Å²) in [7, 11) is 0. The molecule has 0 spiro atoms. The van der Waals surface area contributed by atoms with E-state index < -0.39 is 12.0 Å². The molecule has 0 radical (unpaired) electrons. The predicted molar refractivity (Wildman–Crippen MR) is 94.2 cm³/mol. The van der Waals surface area contributed by atoms with E-state index in [-0.39, 0.29) is 0 Å². The first-order chi connectivity index (χ1) is 10.7. The van der Waals surface area contributed by atoms with Crippen molar-refractivity contribution in [2.45, 2.75) is 96.4 Å². The van der Waals surface area contributed by atoms with Crippen LogP contribution in [0.3, 0.4) is 0 Å². The molecule has 0 fully saturated rings. The summed E-state index contributed by atoms with van der Waals surface area (Å²) in [6.07, 6.45) is 15.6. The maximum atomic E-state index is 11.1. The SMILES string of the molecule is CCCCCCCCCCCCNC(CCCCN)C(=O)O. The molecule has 0 bridgehead atoms. The third-order valence-corrected chi connectivity index (χ3v) is 4.17. The molecule has 0 aromatic rings. The van der Waals surface area contributed by atoms with E-state index >= 15 is 0 Å². The Kier molecular flexibility index (Phi) is 16.3. The minimum absolute atomic E-state index is 0.398. The summed E-state index contributed by atoms with van der Waals surface area (Å²) in [5.41, 5.74) is 5.44. The maximum absolute atomic E-state index is 11.1. The summed E-state index contributed by atoms with van der Waals surface area (Å²) in [6, 6.07) is -0.398. The highest BCUT2D eigenvalue weighted by Crippen LogP contribution is 2.10. The number of hydrogen-bond acceptors (Lipinski definition) is 3. The van der Waals surface area contributed by atoms with Crippen LogP contribution in [-0.4, -0.2) is 30.2 Å². The summed E-state index contributed by atoms with van der Waals surface area (Å²) in [5, 5.41) is 12.3. The summed E-state index contributed by atoms with van der Waals surface area (Å²) in [4.78, 5) is 11.1. The molecule has 0 amide bonds. The molecule has 0 heterocycles. The van der Waals surface area contributed by atoms with E-state index in [2.05, 4.69) is 12.2 Å². The van der Waals surface area contributed by atoms with Gasteiger partial charge < -0.3 is 16.2 Å². The molecule has 1 atom stereocenters. The molecule has 0 aliphatic carbocycles. The van der Waals surface area contributed by atoms with Crippen LogP contribution in [0.15, 0.2) is 0 Å². The molecule has 132 valence electrons. The van der Waals surface area contributed by atoms with Gasteiger partial charge in [0, 0.05) is 0 Å². The molecular weight excluding hydrogens is 276 g/mol. The van der Waals surface area contributed by atoms with E-state index in [0.717, 1.165) is 25.8 Å². The lowest BCUT2D eigenvalue weighted by Crippen LogP contribution is -2.37. The Bertz CT molecular complexity index is 247. The first-order valence-electron chi connectivity index (χ1n) is 9.38. The van der Waals surface area contributed by atoms with Crippen LogP contribution >= 0.6 is 0 Å². The maximum Gasteiger partial charge on any atom is 0.320 e. The van der Waals surface area contributed by atoms with Gasteiger partial charge in [0.05, 0.1) is 0 Å². The van der Waals surface area contributed by atoms with Gasteiger partial charge in [-0.15, -0.1) is 0 Å². The average Bonchev–Trinajstić information content (AvgIpc) is 2.50. The standard InChI is InChI=1S/C18H38N2O2/c1-2-3-4-5-6-7-8-9-10-13-16-20-17(18(21)22)14-11-12-15-19/h17,20H,2-16,19H2,1H3,(H,21,22). The van der Waals surface area contributed by atoms with Crippen molar-refractivity contribution >= 4 is 5.97 Å². The average molecular weight is 315 g/mol. The van der Waals surface area contributed by atoms with E-state index in [0.29, 0.717) is 13.0 Å². The van der Waals surface area contributed by atoms with Crippen LogP contribution in [0, 0.1) is 0 Å². The summed E-state index contributed by atoms with van der Waals surface area (Å²) < 4.78 is 0. The van der Waals surface area contributed by atoms with Crippen molar-refractivity contribution in [2.75, 3.05) is 13.1 Å². The Morgan fingerprint density at radius 1 is 0.909 bits per heavy atom. The van der Waals surface area contributed by atoms with Gasteiger partial charge in [0.2, 0.25) is 0 Å². The molecule has 1 unspecified atom stereocenters. The molecule has 0 saturated carbocycles. The van der Waals surface area contributed by atoms with Crippen LogP contribution in [-0.2, 0) is 4.79 Å². The zero-order chi connectivity index (χ0) is 16.5. The van der Waals surface area contributed by atoms with Crippen molar-refractivity contribution in [3.05, 3.63) is 0 Å². The van der Waals surface area contributed by atoms with Crippen LogP contribution in [0.25, 0.3) is 0 Å². The number of rotatable bonds is 17. The number of carbonyl (C=O) groups is 1. The summed E-state index contributed by atoms with van der Waals surface area (Å²) in [5.74, 6) is -0.732. The van der Waals surface area contributed by atoms with Crippen molar-refractivity contribution in [3.8, 4) is 0 Å². The van der Waals surface area contributed by atoms with Crippen LogP contribution < -0.4 is 11.1 Å². The Morgan fingerprint density at radius 3 is 1.95 bits per heavy atom. The quantitative estimate of drug-likeness (QED) is 0.354. The topological polar surface area (TPSA) is 75.3 Å². The second-order valence-corrected chi connectivity index (χ2v) is 6.31. The fourth-order valence-corrected chi connectivity index (χ4v) is 2.69. The fraction of sp³-hybridized carbons (Fsp3) is 0.944. The van der Waals surface area contributed by atoms with Gasteiger partial charge in [-0.1, -0.05) is 71.1 Å². The molecule has 4 heteroatoms. The molecule has 0 saturated heterocycles. The molecule has 4 N–H and O–H groups in total.